The minimum absolute atomic E-state index is 0.0576. The van der Waals surface area contributed by atoms with Crippen LogP contribution in [-0.2, 0) is 11.2 Å². The molecule has 0 aliphatic heterocycles. The molecule has 0 saturated carbocycles. The maximum Gasteiger partial charge on any atom is 0.219 e. The number of aromatic amines is 1. The summed E-state index contributed by atoms with van der Waals surface area (Å²) >= 11 is 6.16. The van der Waals surface area contributed by atoms with E-state index in [9.17, 15) is 4.79 Å². The maximum absolute atomic E-state index is 11.5. The van der Waals surface area contributed by atoms with Gasteiger partial charge in [-0.15, -0.1) is 0 Å². The van der Waals surface area contributed by atoms with Crippen LogP contribution in [-0.4, -0.2) is 22.9 Å². The van der Waals surface area contributed by atoms with Gasteiger partial charge in [0, 0.05) is 35.6 Å². The number of rotatable bonds is 5. The van der Waals surface area contributed by atoms with Gasteiger partial charge in [-0.25, -0.2) is 0 Å². The highest BCUT2D eigenvalue weighted by Crippen LogP contribution is 2.32. The predicted molar refractivity (Wildman–Crippen MR) is 93.5 cm³/mol. The van der Waals surface area contributed by atoms with Crippen LogP contribution in [0, 0.1) is 0 Å². The first-order valence-electron chi connectivity index (χ1n) is 7.61. The molecule has 0 unspecified atom stereocenters. The Balaban J connectivity index is 2.01. The van der Waals surface area contributed by atoms with Crippen LogP contribution in [0.1, 0.15) is 18.4 Å². The third kappa shape index (κ3) is 3.37. The third-order valence-corrected chi connectivity index (χ3v) is 4.13. The van der Waals surface area contributed by atoms with Gasteiger partial charge in [-0.2, -0.15) is 0 Å². The normalized spacial score (nSPS) is 10.9. The highest BCUT2D eigenvalue weighted by atomic mass is 35.5. The van der Waals surface area contributed by atoms with Crippen molar-refractivity contribution >= 4 is 28.4 Å². The van der Waals surface area contributed by atoms with Gasteiger partial charge in [0.15, 0.2) is 0 Å². The quantitative estimate of drug-likeness (QED) is 0.745. The van der Waals surface area contributed by atoms with Gasteiger partial charge in [-0.3, -0.25) is 9.78 Å². The van der Waals surface area contributed by atoms with E-state index in [1.807, 2.05) is 36.4 Å². The summed E-state index contributed by atoms with van der Waals surface area (Å²) in [6, 6.07) is 11.7. The minimum Gasteiger partial charge on any atom is -0.359 e. The molecule has 2 aromatic heterocycles. The molecule has 1 amide bonds. The van der Waals surface area contributed by atoms with Crippen molar-refractivity contribution in [1.82, 2.24) is 15.3 Å². The van der Waals surface area contributed by atoms with Gasteiger partial charge in [0.05, 0.1) is 11.4 Å². The van der Waals surface area contributed by atoms with E-state index in [2.05, 4.69) is 15.3 Å². The second kappa shape index (κ2) is 6.84. The van der Waals surface area contributed by atoms with Gasteiger partial charge >= 0.3 is 0 Å². The number of H-pyrrole nitrogens is 1. The Morgan fingerprint density at radius 1 is 1.30 bits per heavy atom. The molecular weight excluding hydrogens is 310 g/mol. The first kappa shape index (κ1) is 15.6. The van der Waals surface area contributed by atoms with Crippen LogP contribution in [0.5, 0.6) is 0 Å². The molecule has 0 spiro atoms. The van der Waals surface area contributed by atoms with Crippen LogP contribution in [0.2, 0.25) is 5.02 Å². The van der Waals surface area contributed by atoms with E-state index in [0.29, 0.717) is 11.4 Å². The lowest BCUT2D eigenvalue weighted by atomic mass is 10.0. The van der Waals surface area contributed by atoms with Crippen LogP contribution >= 0.6 is 11.6 Å². The molecule has 0 aliphatic carbocycles. The minimum atomic E-state index is 0.0576. The molecule has 0 bridgehead atoms. The van der Waals surface area contributed by atoms with Crippen molar-refractivity contribution in [2.45, 2.75) is 19.3 Å². The van der Waals surface area contributed by atoms with Gasteiger partial charge in [0.1, 0.15) is 0 Å². The highest BCUT2D eigenvalue weighted by molar-refractivity contribution is 6.31. The summed E-state index contributed by atoms with van der Waals surface area (Å²) in [6.07, 6.45) is 3.85. The zero-order valence-electron chi connectivity index (χ0n) is 12.9. The average molecular weight is 328 g/mol. The zero-order valence-corrected chi connectivity index (χ0v) is 13.7. The lowest BCUT2D eigenvalue weighted by molar-refractivity contribution is -0.120. The molecule has 23 heavy (non-hydrogen) atoms. The highest BCUT2D eigenvalue weighted by Gasteiger charge is 2.14. The van der Waals surface area contributed by atoms with Crippen LogP contribution in [0.4, 0.5) is 0 Å². The fourth-order valence-corrected chi connectivity index (χ4v) is 2.93. The number of nitrogens with zero attached hydrogens (tertiary/aromatic N) is 1. The molecule has 1 aromatic carbocycles. The van der Waals surface area contributed by atoms with Crippen LogP contribution in [0.3, 0.4) is 0 Å². The van der Waals surface area contributed by atoms with Crippen molar-refractivity contribution in [3.05, 3.63) is 53.2 Å². The van der Waals surface area contributed by atoms with Crippen molar-refractivity contribution in [2.24, 2.45) is 0 Å². The number of carbonyl (C=O) groups excluding carboxylic acids is 1. The number of benzene rings is 1. The molecule has 5 heteroatoms. The lowest BCUT2D eigenvalue weighted by Crippen LogP contribution is -2.17. The molecule has 0 saturated heterocycles. The van der Waals surface area contributed by atoms with Crippen LogP contribution < -0.4 is 5.32 Å². The summed E-state index contributed by atoms with van der Waals surface area (Å²) in [5.41, 5.74) is 4.09. The van der Waals surface area contributed by atoms with Gasteiger partial charge < -0.3 is 10.3 Å². The van der Waals surface area contributed by atoms with Crippen molar-refractivity contribution in [1.29, 1.82) is 0 Å². The smallest absolute Gasteiger partial charge is 0.219 e. The number of aromatic nitrogens is 2. The van der Waals surface area contributed by atoms with Crippen molar-refractivity contribution in [3.8, 4) is 11.4 Å². The van der Waals surface area contributed by atoms with Crippen molar-refractivity contribution in [3.63, 3.8) is 0 Å². The molecule has 3 aromatic rings. The molecule has 118 valence electrons. The van der Waals surface area contributed by atoms with E-state index in [4.69, 9.17) is 11.6 Å². The SMILES string of the molecule is CNC(=O)CCCc1c(-c2ccccn2)[nH]c2ccc(Cl)cc12. The molecule has 2 N–H and O–H groups in total. The Hall–Kier alpha value is -2.33. The monoisotopic (exact) mass is 327 g/mol. The summed E-state index contributed by atoms with van der Waals surface area (Å²) in [6.45, 7) is 0. The molecule has 0 atom stereocenters. The van der Waals surface area contributed by atoms with Crippen LogP contribution in [0.15, 0.2) is 42.6 Å². The van der Waals surface area contributed by atoms with Gasteiger partial charge in [0.2, 0.25) is 5.91 Å². The van der Waals surface area contributed by atoms with E-state index in [1.165, 1.54) is 0 Å². The summed E-state index contributed by atoms with van der Waals surface area (Å²) in [5, 5.41) is 4.46. The van der Waals surface area contributed by atoms with Crippen LogP contribution in [0.25, 0.3) is 22.3 Å². The molecule has 0 fully saturated rings. The summed E-state index contributed by atoms with van der Waals surface area (Å²) in [5.74, 6) is 0.0576. The number of pyridine rings is 1. The van der Waals surface area contributed by atoms with E-state index in [0.717, 1.165) is 40.7 Å². The first-order chi connectivity index (χ1) is 11.2. The standard InChI is InChI=1S/C18H18ClN3O/c1-20-17(23)7-4-5-13-14-11-12(19)8-9-15(14)22-18(13)16-6-2-3-10-21-16/h2-3,6,8-11,22H,4-5,7H2,1H3,(H,20,23). The maximum atomic E-state index is 11.5. The fraction of sp³-hybridized carbons (Fsp3) is 0.222. The van der Waals surface area contributed by atoms with E-state index < -0.39 is 0 Å². The van der Waals surface area contributed by atoms with Gasteiger partial charge in [-0.1, -0.05) is 17.7 Å². The Morgan fingerprint density at radius 3 is 2.91 bits per heavy atom. The topological polar surface area (TPSA) is 57.8 Å². The number of nitrogens with one attached hydrogen (secondary N) is 2. The second-order valence-corrected chi connectivity index (χ2v) is 5.85. The number of carbonyl (C=O) groups is 1. The lowest BCUT2D eigenvalue weighted by Gasteiger charge is -2.05. The van der Waals surface area contributed by atoms with Crippen molar-refractivity contribution in [2.75, 3.05) is 7.05 Å². The van der Waals surface area contributed by atoms with E-state index in [-0.39, 0.29) is 5.91 Å². The number of halogens is 1. The molecule has 3 rings (SSSR count). The molecule has 0 aliphatic rings. The first-order valence-corrected chi connectivity index (χ1v) is 7.99. The Bertz CT molecular complexity index is 827. The summed E-state index contributed by atoms with van der Waals surface area (Å²) < 4.78 is 0. The summed E-state index contributed by atoms with van der Waals surface area (Å²) in [7, 11) is 1.66. The van der Waals surface area contributed by atoms with Crippen molar-refractivity contribution < 1.29 is 4.79 Å². The zero-order chi connectivity index (χ0) is 16.2. The third-order valence-electron chi connectivity index (χ3n) is 3.90. The fourth-order valence-electron chi connectivity index (χ4n) is 2.76. The Labute approximate surface area is 139 Å². The van der Waals surface area contributed by atoms with E-state index in [1.54, 1.807) is 13.2 Å². The van der Waals surface area contributed by atoms with Gasteiger partial charge in [0.25, 0.3) is 0 Å². The van der Waals surface area contributed by atoms with E-state index >= 15 is 0 Å². The Kier molecular flexibility index (Phi) is 4.63. The number of hydrogen-bond acceptors (Lipinski definition) is 2. The molecule has 4 nitrogen and oxygen atoms in total. The van der Waals surface area contributed by atoms with Gasteiger partial charge in [-0.05, 0) is 48.7 Å². The number of amides is 1. The number of fused-ring (bicyclic) bond motifs is 1. The largest absolute Gasteiger partial charge is 0.359 e. The average Bonchev–Trinajstić information content (AvgIpc) is 2.93. The number of hydrogen-bond donors (Lipinski definition) is 2. The Morgan fingerprint density at radius 2 is 2.17 bits per heavy atom. The molecule has 0 radical (unpaired) electrons. The summed E-state index contributed by atoms with van der Waals surface area (Å²) in [4.78, 5) is 19.3. The predicted octanol–water partition coefficient (Wildman–Crippen LogP) is 3.95. The number of aryl methyl sites for hydroxylation is 1. The molecular formula is C18H18ClN3O. The second-order valence-electron chi connectivity index (χ2n) is 5.41. The molecule has 2 heterocycles.